The molecular formula is C9H14F2N2. The van der Waals surface area contributed by atoms with E-state index < -0.39 is 12.0 Å². The summed E-state index contributed by atoms with van der Waals surface area (Å²) in [5.41, 5.74) is 4.84. The summed E-state index contributed by atoms with van der Waals surface area (Å²) in [6, 6.07) is 3.62. The maximum atomic E-state index is 12.4. The van der Waals surface area contributed by atoms with Gasteiger partial charge in [-0.25, -0.2) is 8.78 Å². The van der Waals surface area contributed by atoms with Crippen LogP contribution in [0.1, 0.15) is 12.6 Å². The van der Waals surface area contributed by atoms with Crippen LogP contribution in [0.3, 0.4) is 0 Å². The van der Waals surface area contributed by atoms with Crippen LogP contribution in [0.4, 0.5) is 8.78 Å². The van der Waals surface area contributed by atoms with E-state index in [1.807, 2.05) is 19.3 Å². The second-order valence-electron chi connectivity index (χ2n) is 3.59. The Morgan fingerprint density at radius 2 is 2.23 bits per heavy atom. The number of alkyl halides is 2. The molecule has 0 aliphatic heterocycles. The third-order valence-corrected chi connectivity index (χ3v) is 2.11. The van der Waals surface area contributed by atoms with Gasteiger partial charge in [0, 0.05) is 25.4 Å². The normalized spacial score (nSPS) is 16.2. The van der Waals surface area contributed by atoms with Gasteiger partial charge in [-0.05, 0) is 19.1 Å². The van der Waals surface area contributed by atoms with Crippen LogP contribution in [0.5, 0.6) is 0 Å². The van der Waals surface area contributed by atoms with E-state index in [1.54, 1.807) is 10.6 Å². The first-order valence-electron chi connectivity index (χ1n) is 4.11. The maximum absolute atomic E-state index is 12.4. The molecule has 1 aromatic rings. The van der Waals surface area contributed by atoms with Crippen molar-refractivity contribution in [2.75, 3.05) is 0 Å². The summed E-state index contributed by atoms with van der Waals surface area (Å²) < 4.78 is 26.6. The van der Waals surface area contributed by atoms with Gasteiger partial charge in [0.1, 0.15) is 0 Å². The molecule has 2 N–H and O–H groups in total. The maximum Gasteiger partial charge on any atom is 0.256 e. The molecule has 74 valence electrons. The molecule has 1 unspecified atom stereocenters. The molecule has 4 heteroatoms. The van der Waals surface area contributed by atoms with Gasteiger partial charge in [0.05, 0.1) is 5.54 Å². The molecule has 0 bridgehead atoms. The number of halogens is 2. The van der Waals surface area contributed by atoms with Gasteiger partial charge < -0.3 is 10.3 Å². The number of rotatable bonds is 3. The molecule has 0 spiro atoms. The number of nitrogens with two attached hydrogens (primary N) is 1. The number of hydrogen-bond acceptors (Lipinski definition) is 1. The quantitative estimate of drug-likeness (QED) is 0.766. The van der Waals surface area contributed by atoms with Gasteiger partial charge in [-0.15, -0.1) is 0 Å². The zero-order chi connectivity index (χ0) is 10.1. The van der Waals surface area contributed by atoms with Crippen LogP contribution in [0.2, 0.25) is 0 Å². The van der Waals surface area contributed by atoms with Crippen molar-refractivity contribution in [1.29, 1.82) is 0 Å². The Hall–Kier alpha value is -0.900. The van der Waals surface area contributed by atoms with E-state index in [0.29, 0.717) is 0 Å². The fourth-order valence-electron chi connectivity index (χ4n) is 1.15. The fraction of sp³-hybridized carbons (Fsp3) is 0.556. The molecule has 0 amide bonds. The molecule has 1 heterocycles. The summed E-state index contributed by atoms with van der Waals surface area (Å²) in [7, 11) is 1.82. The lowest BCUT2D eigenvalue weighted by Crippen LogP contribution is -2.46. The van der Waals surface area contributed by atoms with Gasteiger partial charge in [-0.1, -0.05) is 0 Å². The highest BCUT2D eigenvalue weighted by molar-refractivity contribution is 5.10. The smallest absolute Gasteiger partial charge is 0.256 e. The molecular weight excluding hydrogens is 174 g/mol. The molecule has 1 aromatic heterocycles. The number of hydrogen-bond donors (Lipinski definition) is 1. The summed E-state index contributed by atoms with van der Waals surface area (Å²) in [5.74, 6) is 0. The second kappa shape index (κ2) is 3.46. The van der Waals surface area contributed by atoms with Crippen LogP contribution in [-0.4, -0.2) is 16.5 Å². The predicted molar refractivity (Wildman–Crippen MR) is 47.7 cm³/mol. The minimum atomic E-state index is -2.50. The molecule has 0 saturated carbocycles. The average Bonchev–Trinajstić information content (AvgIpc) is 2.35. The molecule has 0 saturated heterocycles. The Kier molecular flexibility index (Phi) is 2.71. The van der Waals surface area contributed by atoms with E-state index in [4.69, 9.17) is 5.73 Å². The first-order chi connectivity index (χ1) is 5.93. The van der Waals surface area contributed by atoms with E-state index in [0.717, 1.165) is 5.69 Å². The van der Waals surface area contributed by atoms with E-state index in [1.165, 1.54) is 6.92 Å². The fourth-order valence-corrected chi connectivity index (χ4v) is 1.15. The van der Waals surface area contributed by atoms with Crippen molar-refractivity contribution < 1.29 is 8.78 Å². The molecule has 1 atom stereocenters. The van der Waals surface area contributed by atoms with Gasteiger partial charge >= 0.3 is 0 Å². The van der Waals surface area contributed by atoms with Crippen LogP contribution in [0.15, 0.2) is 18.3 Å². The van der Waals surface area contributed by atoms with Crippen molar-refractivity contribution in [3.63, 3.8) is 0 Å². The van der Waals surface area contributed by atoms with Gasteiger partial charge in [-0.2, -0.15) is 0 Å². The van der Waals surface area contributed by atoms with E-state index in [9.17, 15) is 8.78 Å². The molecule has 0 fully saturated rings. The summed E-state index contributed by atoms with van der Waals surface area (Å²) in [4.78, 5) is 0. The average molecular weight is 188 g/mol. The number of aromatic nitrogens is 1. The van der Waals surface area contributed by atoms with Crippen molar-refractivity contribution in [3.05, 3.63) is 24.0 Å². The Morgan fingerprint density at radius 1 is 1.62 bits per heavy atom. The lowest BCUT2D eigenvalue weighted by Gasteiger charge is -2.23. The summed E-state index contributed by atoms with van der Waals surface area (Å²) >= 11 is 0. The lowest BCUT2D eigenvalue weighted by molar-refractivity contribution is 0.0631. The van der Waals surface area contributed by atoms with E-state index in [-0.39, 0.29) is 6.42 Å². The molecule has 0 aromatic carbocycles. The van der Waals surface area contributed by atoms with Crippen LogP contribution < -0.4 is 5.73 Å². The highest BCUT2D eigenvalue weighted by Gasteiger charge is 2.30. The predicted octanol–water partition coefficient (Wildman–Crippen LogP) is 1.55. The number of nitrogens with zero attached hydrogens (tertiary/aromatic N) is 1. The van der Waals surface area contributed by atoms with Crippen molar-refractivity contribution in [2.24, 2.45) is 12.8 Å². The Bertz CT molecular complexity index is 279. The summed E-state index contributed by atoms with van der Waals surface area (Å²) in [5, 5.41) is 0. The van der Waals surface area contributed by atoms with Crippen molar-refractivity contribution >= 4 is 0 Å². The van der Waals surface area contributed by atoms with Crippen molar-refractivity contribution in [1.82, 2.24) is 4.57 Å². The Balaban J connectivity index is 2.74. The topological polar surface area (TPSA) is 30.9 Å². The van der Waals surface area contributed by atoms with E-state index >= 15 is 0 Å². The highest BCUT2D eigenvalue weighted by atomic mass is 19.3. The lowest BCUT2D eigenvalue weighted by atomic mass is 9.98. The first kappa shape index (κ1) is 10.2. The molecule has 0 aliphatic carbocycles. The number of aryl methyl sites for hydroxylation is 1. The zero-order valence-electron chi connectivity index (χ0n) is 7.80. The monoisotopic (exact) mass is 188 g/mol. The van der Waals surface area contributed by atoms with E-state index in [2.05, 4.69) is 0 Å². The van der Waals surface area contributed by atoms with Crippen molar-refractivity contribution in [3.8, 4) is 0 Å². The van der Waals surface area contributed by atoms with Gasteiger partial charge in [0.15, 0.2) is 0 Å². The molecule has 1 rings (SSSR count). The Labute approximate surface area is 76.3 Å². The third kappa shape index (κ3) is 2.28. The van der Waals surface area contributed by atoms with Crippen molar-refractivity contribution in [2.45, 2.75) is 25.3 Å². The van der Waals surface area contributed by atoms with Gasteiger partial charge in [0.2, 0.25) is 0 Å². The zero-order valence-corrected chi connectivity index (χ0v) is 7.80. The van der Waals surface area contributed by atoms with Gasteiger partial charge in [-0.3, -0.25) is 0 Å². The van der Waals surface area contributed by atoms with Gasteiger partial charge in [0.25, 0.3) is 6.43 Å². The highest BCUT2D eigenvalue weighted by Crippen LogP contribution is 2.17. The van der Waals surface area contributed by atoms with Crippen LogP contribution in [-0.2, 0) is 13.5 Å². The summed E-state index contributed by atoms with van der Waals surface area (Å²) in [6.45, 7) is 1.37. The second-order valence-corrected chi connectivity index (χ2v) is 3.59. The SMILES string of the molecule is Cn1cccc1CC(C)(N)C(F)F. The van der Waals surface area contributed by atoms with Crippen LogP contribution >= 0.6 is 0 Å². The van der Waals surface area contributed by atoms with Crippen LogP contribution in [0, 0.1) is 0 Å². The largest absolute Gasteiger partial charge is 0.354 e. The molecule has 2 nitrogen and oxygen atoms in total. The minimum absolute atomic E-state index is 0.189. The standard InChI is InChI=1S/C9H14F2N2/c1-9(12,8(10)11)6-7-4-3-5-13(7)2/h3-5,8H,6,12H2,1-2H3. The molecule has 0 radical (unpaired) electrons. The summed E-state index contributed by atoms with van der Waals surface area (Å²) in [6.07, 6.45) is -0.493. The van der Waals surface area contributed by atoms with Crippen LogP contribution in [0.25, 0.3) is 0 Å². The molecule has 13 heavy (non-hydrogen) atoms. The molecule has 0 aliphatic rings. The first-order valence-corrected chi connectivity index (χ1v) is 4.11. The minimum Gasteiger partial charge on any atom is -0.354 e. The Morgan fingerprint density at radius 3 is 2.62 bits per heavy atom. The third-order valence-electron chi connectivity index (χ3n) is 2.11.